The summed E-state index contributed by atoms with van der Waals surface area (Å²) in [6.45, 7) is 0. The normalized spacial score (nSPS) is 11.5. The zero-order valence-electron chi connectivity index (χ0n) is 67.0. The maximum Gasteiger partial charge on any atom is 0.164 e. The molecule has 18 aromatic carbocycles. The van der Waals surface area contributed by atoms with E-state index in [9.17, 15) is 0 Å². The fourth-order valence-corrected chi connectivity index (χ4v) is 17.6. The highest BCUT2D eigenvalue weighted by molar-refractivity contribution is 6.25. The zero-order valence-corrected chi connectivity index (χ0v) is 67.0. The molecule has 0 spiro atoms. The molecule has 0 atom stereocenters. The molecule has 0 unspecified atom stereocenters. The molecule has 6 aromatic heterocycles. The summed E-state index contributed by atoms with van der Waals surface area (Å²) in [7, 11) is 0. The molecule has 0 aliphatic heterocycles. The van der Waals surface area contributed by atoms with Gasteiger partial charge in [0.05, 0.1) is 32.8 Å². The van der Waals surface area contributed by atoms with Crippen molar-refractivity contribution < 1.29 is 8.83 Å². The molecular weight excluding hydrogens is 1510 g/mol. The van der Waals surface area contributed by atoms with Crippen LogP contribution in [-0.2, 0) is 0 Å². The van der Waals surface area contributed by atoms with Gasteiger partial charge in [-0.15, -0.1) is 0 Å². The maximum absolute atomic E-state index is 6.93. The van der Waals surface area contributed by atoms with E-state index < -0.39 is 0 Å². The van der Waals surface area contributed by atoms with Gasteiger partial charge in [0.2, 0.25) is 0 Å². The smallest absolute Gasteiger partial charge is 0.164 e. The Morgan fingerprint density at radius 2 is 0.387 bits per heavy atom. The predicted molar refractivity (Wildman–Crippen MR) is 508 cm³/mol. The summed E-state index contributed by atoms with van der Waals surface area (Å²) in [5.74, 6) is 3.56. The molecular formula is C114H72N8O2. The number of fused-ring (bicyclic) bond motifs is 14. The first-order valence-electron chi connectivity index (χ1n) is 41.7. The number of rotatable bonds is 14. The van der Waals surface area contributed by atoms with Gasteiger partial charge in [0.25, 0.3) is 0 Å². The number of furan rings is 2. The molecule has 124 heavy (non-hydrogen) atoms. The first kappa shape index (κ1) is 72.4. The summed E-state index contributed by atoms with van der Waals surface area (Å²) in [6, 6.07) is 152. The summed E-state index contributed by atoms with van der Waals surface area (Å²) < 4.78 is 18.5. The molecule has 6 heterocycles. The minimum Gasteiger partial charge on any atom is -0.455 e. The second kappa shape index (κ2) is 30.8. The lowest BCUT2D eigenvalue weighted by Gasteiger charge is -2.10. The van der Waals surface area contributed by atoms with Crippen LogP contribution < -0.4 is 0 Å². The molecule has 0 amide bonds. The number of hydrogen-bond acceptors (Lipinski definition) is 8. The van der Waals surface area contributed by atoms with Crippen LogP contribution in [-0.4, -0.2) is 39.0 Å². The van der Waals surface area contributed by atoms with Crippen molar-refractivity contribution in [2.45, 2.75) is 0 Å². The van der Waals surface area contributed by atoms with E-state index in [4.69, 9.17) is 38.7 Å². The molecule has 10 nitrogen and oxygen atoms in total. The van der Waals surface area contributed by atoms with Crippen LogP contribution in [0.3, 0.4) is 0 Å². The van der Waals surface area contributed by atoms with E-state index in [-0.39, 0.29) is 0 Å². The molecule has 10 heteroatoms. The highest BCUT2D eigenvalue weighted by Gasteiger charge is 2.24. The third-order valence-corrected chi connectivity index (χ3v) is 23.8. The molecule has 0 saturated carbocycles. The van der Waals surface area contributed by atoms with E-state index in [1.54, 1.807) is 0 Å². The van der Waals surface area contributed by atoms with E-state index in [1.807, 2.05) is 24.3 Å². The van der Waals surface area contributed by atoms with Gasteiger partial charge in [0.1, 0.15) is 22.3 Å². The number of nitrogens with zero attached hydrogens (tertiary/aromatic N) is 8. The summed E-state index contributed by atoms with van der Waals surface area (Å²) in [5.41, 5.74) is 29.1. The van der Waals surface area contributed by atoms with Crippen molar-refractivity contribution in [2.24, 2.45) is 0 Å². The minimum atomic E-state index is 0.574. The average molecular weight is 1590 g/mol. The lowest BCUT2D eigenvalue weighted by molar-refractivity contribution is 0.672. The van der Waals surface area contributed by atoms with Crippen molar-refractivity contribution in [1.29, 1.82) is 0 Å². The first-order chi connectivity index (χ1) is 61.4. The lowest BCUT2D eigenvalue weighted by atomic mass is 10.0. The van der Waals surface area contributed by atoms with E-state index in [2.05, 4.69) is 422 Å². The Balaban J connectivity index is 0.000000143. The van der Waals surface area contributed by atoms with E-state index in [0.717, 1.165) is 177 Å². The Bertz CT molecular complexity index is 8040. The second-order valence-corrected chi connectivity index (χ2v) is 31.2. The van der Waals surface area contributed by atoms with Gasteiger partial charge in [-0.25, -0.2) is 29.9 Å². The third kappa shape index (κ3) is 13.3. The largest absolute Gasteiger partial charge is 0.455 e. The molecule has 0 saturated heterocycles. The van der Waals surface area contributed by atoms with Gasteiger partial charge in [-0.3, -0.25) is 0 Å². The number of benzene rings is 18. The maximum atomic E-state index is 6.93. The van der Waals surface area contributed by atoms with Crippen LogP contribution in [0.1, 0.15) is 0 Å². The van der Waals surface area contributed by atoms with Gasteiger partial charge in [-0.1, -0.05) is 346 Å². The predicted octanol–water partition coefficient (Wildman–Crippen LogP) is 29.7. The van der Waals surface area contributed by atoms with Crippen molar-refractivity contribution in [3.63, 3.8) is 0 Å². The van der Waals surface area contributed by atoms with Gasteiger partial charge < -0.3 is 18.0 Å². The molecule has 580 valence electrons. The summed E-state index contributed by atoms with van der Waals surface area (Å²) in [5, 5.41) is 8.67. The molecule has 0 N–H and O–H groups in total. The molecule has 0 bridgehead atoms. The first-order valence-corrected chi connectivity index (χ1v) is 41.7. The van der Waals surface area contributed by atoms with Crippen molar-refractivity contribution in [2.75, 3.05) is 0 Å². The van der Waals surface area contributed by atoms with Crippen molar-refractivity contribution in [3.8, 4) is 146 Å². The number of aromatic nitrogens is 8. The van der Waals surface area contributed by atoms with Gasteiger partial charge in [0.15, 0.2) is 34.9 Å². The standard InChI is InChI=1S/2C57H36N4O/c1-4-13-37(14-5-1)40-23-25-42(26-24-40)55-58-56(44-20-12-19-43(35-44)39-17-8-3-9-18-39)60-57(59-55)45-29-32-47-48-33-34-51-53(54(48)62-52(47)36-45)49-21-10-11-22-50(49)61(51)46-30-27-41(28-31-46)38-15-6-2-7-16-38;1-4-12-37(13-5-1)40-20-24-43(25-21-40)55-58-56(44-26-22-41(23-27-44)38-14-6-2-7-15-38)60-57(59-55)45-30-33-47-48-34-35-51-53(54(48)62-52(47)36-45)49-18-10-11-19-50(49)61(51)46-31-28-42(29-32-46)39-16-8-3-9-17-39/h2*1-36H. The Morgan fingerprint density at radius 1 is 0.153 bits per heavy atom. The van der Waals surface area contributed by atoms with Crippen LogP contribution in [0.5, 0.6) is 0 Å². The van der Waals surface area contributed by atoms with Crippen LogP contribution in [0.25, 0.3) is 234 Å². The molecule has 0 aliphatic carbocycles. The number of hydrogen-bond donors (Lipinski definition) is 0. The summed E-state index contributed by atoms with van der Waals surface area (Å²) >= 11 is 0. The minimum absolute atomic E-state index is 0.574. The van der Waals surface area contributed by atoms with Crippen LogP contribution in [0.15, 0.2) is 446 Å². The third-order valence-electron chi connectivity index (χ3n) is 23.8. The van der Waals surface area contributed by atoms with Crippen molar-refractivity contribution >= 4 is 87.5 Å². The molecule has 24 rings (SSSR count). The van der Waals surface area contributed by atoms with Crippen LogP contribution in [0.2, 0.25) is 0 Å². The fraction of sp³-hybridized carbons (Fsp3) is 0. The van der Waals surface area contributed by atoms with E-state index in [0.29, 0.717) is 34.9 Å². The highest BCUT2D eigenvalue weighted by Crippen LogP contribution is 2.45. The molecule has 0 fully saturated rings. The van der Waals surface area contributed by atoms with Gasteiger partial charge in [0, 0.05) is 77.1 Å². The fourth-order valence-electron chi connectivity index (χ4n) is 17.6. The zero-order chi connectivity index (χ0) is 82.0. The Hall–Kier alpha value is -16.8. The van der Waals surface area contributed by atoms with Gasteiger partial charge in [-0.2, -0.15) is 0 Å². The van der Waals surface area contributed by atoms with Crippen molar-refractivity contribution in [1.82, 2.24) is 39.0 Å². The van der Waals surface area contributed by atoms with Crippen LogP contribution in [0.4, 0.5) is 0 Å². The molecule has 0 aliphatic rings. The highest BCUT2D eigenvalue weighted by atomic mass is 16.3. The topological polar surface area (TPSA) is 113 Å². The SMILES string of the molecule is c1ccc(-c2ccc(-c3nc(-c4ccc(-c5ccccc5)cc4)nc(-c4ccc5c(c4)oc4c5ccc5c4c4ccccc4n5-c4ccc(-c5ccccc5)cc4)n3)cc2)cc1.c1ccc(-c2ccc(-c3nc(-c4cccc(-c5ccccc5)c4)nc(-c4ccc5c(c4)oc4c5ccc5c4c4ccccc4n5-c4ccc(-c5ccccc5)cc4)n3)cc2)cc1. The van der Waals surface area contributed by atoms with Gasteiger partial charge >= 0.3 is 0 Å². The number of para-hydroxylation sites is 2. The van der Waals surface area contributed by atoms with Gasteiger partial charge in [-0.05, 0) is 158 Å². The monoisotopic (exact) mass is 1580 g/mol. The second-order valence-electron chi connectivity index (χ2n) is 31.2. The van der Waals surface area contributed by atoms with Crippen LogP contribution >= 0.6 is 0 Å². The van der Waals surface area contributed by atoms with E-state index >= 15 is 0 Å². The van der Waals surface area contributed by atoms with E-state index in [1.165, 1.54) is 22.3 Å². The van der Waals surface area contributed by atoms with Crippen LogP contribution in [0, 0.1) is 0 Å². The summed E-state index contributed by atoms with van der Waals surface area (Å²) in [6.07, 6.45) is 0. The quantitative estimate of drug-likeness (QED) is 0.106. The average Bonchev–Trinajstić information content (AvgIpc) is 1.56. The molecule has 24 aromatic rings. The molecule has 0 radical (unpaired) electrons. The Kier molecular flexibility index (Phi) is 18.0. The Labute approximate surface area is 713 Å². The van der Waals surface area contributed by atoms with Crippen molar-refractivity contribution in [3.05, 3.63) is 437 Å². The summed E-state index contributed by atoms with van der Waals surface area (Å²) in [4.78, 5) is 30.7. The Morgan fingerprint density at radius 3 is 0.718 bits per heavy atom. The lowest BCUT2D eigenvalue weighted by Crippen LogP contribution is -2.00.